The molecule has 0 fully saturated rings. The summed E-state index contributed by atoms with van der Waals surface area (Å²) in [5.74, 6) is 0. The summed E-state index contributed by atoms with van der Waals surface area (Å²) in [7, 11) is 0. The second-order valence-corrected chi connectivity index (χ2v) is 5.24. The van der Waals surface area contributed by atoms with E-state index in [0.29, 0.717) is 0 Å². The number of aliphatic hydroxyl groups excluding tert-OH is 1. The summed E-state index contributed by atoms with van der Waals surface area (Å²) >= 11 is 0. The van der Waals surface area contributed by atoms with Crippen molar-refractivity contribution < 1.29 is 14.6 Å². The average molecular weight is 251 g/mol. The van der Waals surface area contributed by atoms with Crippen molar-refractivity contribution in [2.24, 2.45) is 0 Å². The van der Waals surface area contributed by atoms with Crippen LogP contribution in [0.1, 0.15) is 37.9 Å². The molecule has 0 spiro atoms. The minimum Gasteiger partial charge on any atom is -0.444 e. The van der Waals surface area contributed by atoms with E-state index in [2.05, 4.69) is 5.32 Å². The number of aryl methyl sites for hydroxylation is 1. The van der Waals surface area contributed by atoms with Gasteiger partial charge in [-0.2, -0.15) is 0 Å². The van der Waals surface area contributed by atoms with E-state index in [1.165, 1.54) is 0 Å². The molecular formula is C14H21NO3. The first kappa shape index (κ1) is 14.5. The molecule has 100 valence electrons. The Labute approximate surface area is 108 Å². The molecule has 1 atom stereocenters. The molecule has 0 aliphatic heterocycles. The molecule has 0 aliphatic rings. The van der Waals surface area contributed by atoms with Crippen LogP contribution in [0.15, 0.2) is 24.3 Å². The molecule has 1 aromatic rings. The Bertz CT molecular complexity index is 410. The fourth-order valence-electron chi connectivity index (χ4n) is 1.65. The zero-order chi connectivity index (χ0) is 13.8. The summed E-state index contributed by atoms with van der Waals surface area (Å²) in [4.78, 5) is 11.7. The van der Waals surface area contributed by atoms with Crippen LogP contribution < -0.4 is 5.32 Å². The lowest BCUT2D eigenvalue weighted by Gasteiger charge is -2.23. The standard InChI is InChI=1S/C14H21NO3/c1-10-7-5-6-8-11(10)12(9-16)15-13(17)18-14(2,3)4/h5-8,12,16H,9H2,1-4H3,(H,15,17)/t12-/m0/s1. The van der Waals surface area contributed by atoms with Crippen molar-refractivity contribution >= 4 is 6.09 Å². The van der Waals surface area contributed by atoms with E-state index in [9.17, 15) is 9.90 Å². The molecule has 1 aromatic carbocycles. The summed E-state index contributed by atoms with van der Waals surface area (Å²) in [6.45, 7) is 7.18. The quantitative estimate of drug-likeness (QED) is 0.868. The molecular weight excluding hydrogens is 230 g/mol. The van der Waals surface area contributed by atoms with E-state index >= 15 is 0 Å². The van der Waals surface area contributed by atoms with Gasteiger partial charge >= 0.3 is 6.09 Å². The minimum atomic E-state index is -0.546. The van der Waals surface area contributed by atoms with Gasteiger partial charge in [0.25, 0.3) is 0 Å². The van der Waals surface area contributed by atoms with Crippen LogP contribution in [-0.4, -0.2) is 23.4 Å². The van der Waals surface area contributed by atoms with Crippen LogP contribution >= 0.6 is 0 Å². The Balaban J connectivity index is 2.74. The topological polar surface area (TPSA) is 58.6 Å². The molecule has 0 aliphatic carbocycles. The lowest BCUT2D eigenvalue weighted by molar-refractivity contribution is 0.0481. The maximum atomic E-state index is 11.7. The number of aliphatic hydroxyl groups is 1. The maximum absolute atomic E-state index is 11.7. The summed E-state index contributed by atoms with van der Waals surface area (Å²) in [5, 5.41) is 12.1. The number of rotatable bonds is 3. The zero-order valence-electron chi connectivity index (χ0n) is 11.4. The van der Waals surface area contributed by atoms with E-state index in [4.69, 9.17) is 4.74 Å². The number of benzene rings is 1. The number of carbonyl (C=O) groups excluding carboxylic acids is 1. The van der Waals surface area contributed by atoms with Crippen molar-refractivity contribution in [1.29, 1.82) is 0 Å². The molecule has 0 unspecified atom stereocenters. The minimum absolute atomic E-state index is 0.163. The molecule has 0 radical (unpaired) electrons. The summed E-state index contributed by atoms with van der Waals surface area (Å²) in [6.07, 6.45) is -0.523. The highest BCUT2D eigenvalue weighted by atomic mass is 16.6. The number of alkyl carbamates (subject to hydrolysis) is 1. The number of hydrogen-bond donors (Lipinski definition) is 2. The second-order valence-electron chi connectivity index (χ2n) is 5.24. The molecule has 0 saturated heterocycles. The highest BCUT2D eigenvalue weighted by Gasteiger charge is 2.20. The summed E-state index contributed by atoms with van der Waals surface area (Å²) < 4.78 is 5.17. The third-order valence-corrected chi connectivity index (χ3v) is 2.44. The van der Waals surface area contributed by atoms with Crippen molar-refractivity contribution in [1.82, 2.24) is 5.32 Å². The fraction of sp³-hybridized carbons (Fsp3) is 0.500. The number of carbonyl (C=O) groups is 1. The van der Waals surface area contributed by atoms with Gasteiger partial charge in [-0.3, -0.25) is 0 Å². The SMILES string of the molecule is Cc1ccccc1[C@H](CO)NC(=O)OC(C)(C)C. The zero-order valence-corrected chi connectivity index (χ0v) is 11.4. The van der Waals surface area contributed by atoms with Crippen molar-refractivity contribution in [2.45, 2.75) is 39.3 Å². The van der Waals surface area contributed by atoms with Gasteiger partial charge in [0.05, 0.1) is 12.6 Å². The average Bonchev–Trinajstić information content (AvgIpc) is 2.24. The van der Waals surface area contributed by atoms with Gasteiger partial charge in [0, 0.05) is 0 Å². The predicted octanol–water partition coefficient (Wildman–Crippen LogP) is 2.55. The Morgan fingerprint density at radius 3 is 2.50 bits per heavy atom. The highest BCUT2D eigenvalue weighted by Crippen LogP contribution is 2.17. The van der Waals surface area contributed by atoms with E-state index in [0.717, 1.165) is 11.1 Å². The summed E-state index contributed by atoms with van der Waals surface area (Å²) in [5.41, 5.74) is 1.37. The first-order valence-corrected chi connectivity index (χ1v) is 5.99. The largest absolute Gasteiger partial charge is 0.444 e. The van der Waals surface area contributed by atoms with Gasteiger partial charge in [-0.1, -0.05) is 24.3 Å². The molecule has 1 amide bonds. The van der Waals surface area contributed by atoms with Crippen LogP contribution in [-0.2, 0) is 4.74 Å². The number of ether oxygens (including phenoxy) is 1. The van der Waals surface area contributed by atoms with Gasteiger partial charge in [0.15, 0.2) is 0 Å². The van der Waals surface area contributed by atoms with Crippen LogP contribution in [0.3, 0.4) is 0 Å². The van der Waals surface area contributed by atoms with E-state index in [1.54, 1.807) is 20.8 Å². The van der Waals surface area contributed by atoms with Crippen molar-refractivity contribution in [3.63, 3.8) is 0 Å². The van der Waals surface area contributed by atoms with Crippen LogP contribution in [0.25, 0.3) is 0 Å². The number of hydrogen-bond acceptors (Lipinski definition) is 3. The molecule has 2 N–H and O–H groups in total. The van der Waals surface area contributed by atoms with E-state index < -0.39 is 17.7 Å². The van der Waals surface area contributed by atoms with Gasteiger partial charge in [-0.05, 0) is 38.8 Å². The van der Waals surface area contributed by atoms with Crippen molar-refractivity contribution in [2.75, 3.05) is 6.61 Å². The molecule has 0 bridgehead atoms. The number of amides is 1. The van der Waals surface area contributed by atoms with Crippen LogP contribution in [0.5, 0.6) is 0 Å². The first-order valence-electron chi connectivity index (χ1n) is 5.99. The third-order valence-electron chi connectivity index (χ3n) is 2.44. The lowest BCUT2D eigenvalue weighted by Crippen LogP contribution is -2.36. The Morgan fingerprint density at radius 2 is 2.00 bits per heavy atom. The van der Waals surface area contributed by atoms with Gasteiger partial charge < -0.3 is 15.2 Å². The summed E-state index contributed by atoms with van der Waals surface area (Å²) in [6, 6.07) is 7.17. The Hall–Kier alpha value is -1.55. The Morgan fingerprint density at radius 1 is 1.39 bits per heavy atom. The van der Waals surface area contributed by atoms with Crippen LogP contribution in [0, 0.1) is 6.92 Å². The van der Waals surface area contributed by atoms with Gasteiger partial charge in [-0.25, -0.2) is 4.79 Å². The van der Waals surface area contributed by atoms with Gasteiger partial charge in [0.1, 0.15) is 5.60 Å². The molecule has 1 rings (SSSR count). The molecule has 0 saturated carbocycles. The first-order chi connectivity index (χ1) is 8.33. The highest BCUT2D eigenvalue weighted by molar-refractivity contribution is 5.68. The lowest BCUT2D eigenvalue weighted by atomic mass is 10.0. The molecule has 18 heavy (non-hydrogen) atoms. The monoisotopic (exact) mass is 251 g/mol. The molecule has 0 heterocycles. The van der Waals surface area contributed by atoms with Crippen LogP contribution in [0.2, 0.25) is 0 Å². The third kappa shape index (κ3) is 4.37. The normalized spacial score (nSPS) is 12.9. The van der Waals surface area contributed by atoms with Gasteiger partial charge in [-0.15, -0.1) is 0 Å². The van der Waals surface area contributed by atoms with Crippen molar-refractivity contribution in [3.8, 4) is 0 Å². The second kappa shape index (κ2) is 5.87. The number of nitrogens with one attached hydrogen (secondary N) is 1. The maximum Gasteiger partial charge on any atom is 0.408 e. The molecule has 4 heteroatoms. The Kier molecular flexibility index (Phi) is 4.73. The van der Waals surface area contributed by atoms with Crippen LogP contribution in [0.4, 0.5) is 4.79 Å². The smallest absolute Gasteiger partial charge is 0.408 e. The van der Waals surface area contributed by atoms with Gasteiger partial charge in [0.2, 0.25) is 0 Å². The van der Waals surface area contributed by atoms with Crippen molar-refractivity contribution in [3.05, 3.63) is 35.4 Å². The van der Waals surface area contributed by atoms with E-state index in [-0.39, 0.29) is 6.61 Å². The predicted molar refractivity (Wildman–Crippen MR) is 70.4 cm³/mol. The molecule has 4 nitrogen and oxygen atoms in total. The molecule has 0 aromatic heterocycles. The fourth-order valence-corrected chi connectivity index (χ4v) is 1.65. The van der Waals surface area contributed by atoms with E-state index in [1.807, 2.05) is 31.2 Å².